The van der Waals surface area contributed by atoms with Crippen LogP contribution >= 0.6 is 0 Å². The van der Waals surface area contributed by atoms with Gasteiger partial charge >= 0.3 is 0 Å². The summed E-state index contributed by atoms with van der Waals surface area (Å²) >= 11 is 0. The van der Waals surface area contributed by atoms with Gasteiger partial charge in [0.2, 0.25) is 0 Å². The molecule has 0 bridgehead atoms. The Bertz CT molecular complexity index is 641. The van der Waals surface area contributed by atoms with Gasteiger partial charge < -0.3 is 0 Å². The van der Waals surface area contributed by atoms with Crippen LogP contribution in [0.15, 0.2) is 24.3 Å². The molecule has 0 atom stereocenters. The zero-order valence-corrected chi connectivity index (χ0v) is 10.6. The fourth-order valence-electron chi connectivity index (χ4n) is 1.79. The van der Waals surface area contributed by atoms with Crippen LogP contribution in [-0.2, 0) is 6.42 Å². The molecule has 3 nitrogen and oxygen atoms in total. The van der Waals surface area contributed by atoms with Gasteiger partial charge in [0.25, 0.3) is 0 Å². The quantitative estimate of drug-likeness (QED) is 0.799. The highest BCUT2D eigenvalue weighted by Crippen LogP contribution is 2.17. The summed E-state index contributed by atoms with van der Waals surface area (Å²) in [6.45, 7) is 3.50. The Labute approximate surface area is 109 Å². The predicted octanol–water partition coefficient (Wildman–Crippen LogP) is 2.86. The number of ketones is 1. The highest BCUT2D eigenvalue weighted by molar-refractivity contribution is 6.09. The van der Waals surface area contributed by atoms with Crippen LogP contribution in [0.25, 0.3) is 0 Å². The van der Waals surface area contributed by atoms with Crippen LogP contribution in [0.2, 0.25) is 0 Å². The van der Waals surface area contributed by atoms with Gasteiger partial charge in [-0.3, -0.25) is 4.79 Å². The van der Waals surface area contributed by atoms with E-state index in [1.807, 2.05) is 6.92 Å². The molecule has 0 unspecified atom stereocenters. The monoisotopic (exact) mass is 262 g/mol. The Hall–Kier alpha value is -2.17. The van der Waals surface area contributed by atoms with Crippen molar-refractivity contribution in [2.75, 3.05) is 0 Å². The molecule has 98 valence electrons. The van der Waals surface area contributed by atoms with Gasteiger partial charge in [0, 0.05) is 5.56 Å². The van der Waals surface area contributed by atoms with Crippen LogP contribution < -0.4 is 0 Å². The normalized spacial score (nSPS) is 10.5. The Balaban J connectivity index is 2.55. The van der Waals surface area contributed by atoms with Crippen LogP contribution in [0, 0.1) is 18.6 Å². The summed E-state index contributed by atoms with van der Waals surface area (Å²) in [6, 6.07) is 4.35. The first kappa shape index (κ1) is 13.3. The lowest BCUT2D eigenvalue weighted by Gasteiger charge is -2.07. The number of aryl methyl sites for hydroxylation is 2. The van der Waals surface area contributed by atoms with Crippen molar-refractivity contribution >= 4 is 5.78 Å². The molecule has 19 heavy (non-hydrogen) atoms. The van der Waals surface area contributed by atoms with Crippen LogP contribution in [0.3, 0.4) is 0 Å². The lowest BCUT2D eigenvalue weighted by molar-refractivity contribution is 0.103. The van der Waals surface area contributed by atoms with E-state index in [1.54, 1.807) is 13.0 Å². The first-order valence-electron chi connectivity index (χ1n) is 5.86. The molecule has 0 N–H and O–H groups in total. The van der Waals surface area contributed by atoms with E-state index in [-0.39, 0.29) is 11.1 Å². The summed E-state index contributed by atoms with van der Waals surface area (Å²) in [5, 5.41) is 7.76. The minimum atomic E-state index is -0.747. The van der Waals surface area contributed by atoms with Gasteiger partial charge in [0.15, 0.2) is 5.78 Å². The average molecular weight is 262 g/mol. The van der Waals surface area contributed by atoms with Crippen molar-refractivity contribution in [2.45, 2.75) is 20.3 Å². The summed E-state index contributed by atoms with van der Waals surface area (Å²) in [7, 11) is 0. The van der Waals surface area contributed by atoms with Gasteiger partial charge in [-0.15, -0.1) is 0 Å². The van der Waals surface area contributed by atoms with Crippen LogP contribution in [0.5, 0.6) is 0 Å². The van der Waals surface area contributed by atoms with E-state index in [0.717, 1.165) is 18.2 Å². The lowest BCUT2D eigenvalue weighted by Crippen LogP contribution is -2.11. The molecule has 0 aliphatic heterocycles. The number of nitrogens with zero attached hydrogens (tertiary/aromatic N) is 2. The summed E-state index contributed by atoms with van der Waals surface area (Å²) < 4.78 is 26.8. The summed E-state index contributed by atoms with van der Waals surface area (Å²) in [5.41, 5.74) is 0.998. The zero-order valence-electron chi connectivity index (χ0n) is 10.6. The highest BCUT2D eigenvalue weighted by atomic mass is 19.1. The summed E-state index contributed by atoms with van der Waals surface area (Å²) in [6.07, 6.45) is 0.491. The van der Waals surface area contributed by atoms with Gasteiger partial charge in [-0.2, -0.15) is 10.2 Å². The van der Waals surface area contributed by atoms with Crippen LogP contribution in [-0.4, -0.2) is 16.0 Å². The van der Waals surface area contributed by atoms with E-state index in [2.05, 4.69) is 10.2 Å². The highest BCUT2D eigenvalue weighted by Gasteiger charge is 2.19. The van der Waals surface area contributed by atoms with Crippen LogP contribution in [0.4, 0.5) is 8.78 Å². The van der Waals surface area contributed by atoms with E-state index >= 15 is 0 Å². The molecule has 1 aromatic carbocycles. The van der Waals surface area contributed by atoms with Crippen molar-refractivity contribution in [3.05, 3.63) is 58.4 Å². The molecular formula is C14H12F2N2O. The van der Waals surface area contributed by atoms with Crippen molar-refractivity contribution in [2.24, 2.45) is 0 Å². The largest absolute Gasteiger partial charge is 0.288 e. The SMILES string of the molecule is CCc1nnc(C)cc1C(=O)c1cc(F)ccc1F. The lowest BCUT2D eigenvalue weighted by atomic mass is 10.00. The smallest absolute Gasteiger partial charge is 0.198 e. The summed E-state index contributed by atoms with van der Waals surface area (Å²) in [5.74, 6) is -1.98. The third kappa shape index (κ3) is 2.65. The molecule has 0 amide bonds. The van der Waals surface area contributed by atoms with Gasteiger partial charge in [0.05, 0.1) is 17.0 Å². The molecule has 2 aromatic rings. The van der Waals surface area contributed by atoms with E-state index < -0.39 is 17.4 Å². The van der Waals surface area contributed by atoms with Crippen molar-refractivity contribution in [1.29, 1.82) is 0 Å². The second kappa shape index (κ2) is 5.22. The molecule has 0 aliphatic rings. The standard InChI is InChI=1S/C14H12F2N2O/c1-3-13-11(6-8(2)17-18-13)14(19)10-7-9(15)4-5-12(10)16/h4-7H,3H2,1-2H3. The molecule has 0 radical (unpaired) electrons. The second-order valence-electron chi connectivity index (χ2n) is 4.15. The van der Waals surface area contributed by atoms with Crippen molar-refractivity contribution in [3.63, 3.8) is 0 Å². The van der Waals surface area contributed by atoms with Gasteiger partial charge in [-0.1, -0.05) is 6.92 Å². The third-order valence-electron chi connectivity index (χ3n) is 2.75. The number of carbonyl (C=O) groups excluding carboxylic acids is 1. The molecule has 0 saturated heterocycles. The maximum atomic E-state index is 13.6. The topological polar surface area (TPSA) is 42.9 Å². The molecule has 0 aliphatic carbocycles. The molecule has 5 heteroatoms. The minimum Gasteiger partial charge on any atom is -0.288 e. The Kier molecular flexibility index (Phi) is 3.64. The fraction of sp³-hybridized carbons (Fsp3) is 0.214. The summed E-state index contributed by atoms with van der Waals surface area (Å²) in [4.78, 5) is 12.3. The first-order chi connectivity index (χ1) is 9.02. The van der Waals surface area contributed by atoms with Crippen molar-refractivity contribution in [3.8, 4) is 0 Å². The molecule has 2 rings (SSSR count). The number of hydrogen-bond donors (Lipinski definition) is 0. The van der Waals surface area contributed by atoms with E-state index in [1.165, 1.54) is 0 Å². The second-order valence-corrected chi connectivity index (χ2v) is 4.15. The molecule has 1 aromatic heterocycles. The number of halogens is 2. The predicted molar refractivity (Wildman–Crippen MR) is 65.9 cm³/mol. The number of aromatic nitrogens is 2. The van der Waals surface area contributed by atoms with Crippen LogP contribution in [0.1, 0.15) is 34.2 Å². The maximum absolute atomic E-state index is 13.6. The average Bonchev–Trinajstić information content (AvgIpc) is 2.40. The van der Waals surface area contributed by atoms with Gasteiger partial charge in [0.1, 0.15) is 11.6 Å². The first-order valence-corrected chi connectivity index (χ1v) is 5.86. The van der Waals surface area contributed by atoms with Gasteiger partial charge in [-0.25, -0.2) is 8.78 Å². The Morgan fingerprint density at radius 2 is 1.89 bits per heavy atom. The van der Waals surface area contributed by atoms with Crippen molar-refractivity contribution in [1.82, 2.24) is 10.2 Å². The number of hydrogen-bond acceptors (Lipinski definition) is 3. The Morgan fingerprint density at radius 3 is 2.58 bits per heavy atom. The maximum Gasteiger partial charge on any atom is 0.198 e. The number of carbonyl (C=O) groups is 1. The minimum absolute atomic E-state index is 0.263. The molecule has 1 heterocycles. The Morgan fingerprint density at radius 1 is 1.16 bits per heavy atom. The van der Waals surface area contributed by atoms with Gasteiger partial charge in [-0.05, 0) is 37.6 Å². The zero-order chi connectivity index (χ0) is 14.0. The van der Waals surface area contributed by atoms with E-state index in [0.29, 0.717) is 17.8 Å². The third-order valence-corrected chi connectivity index (χ3v) is 2.75. The van der Waals surface area contributed by atoms with Crippen molar-refractivity contribution < 1.29 is 13.6 Å². The number of benzene rings is 1. The number of rotatable bonds is 3. The van der Waals surface area contributed by atoms with E-state index in [4.69, 9.17) is 0 Å². The molecule has 0 saturated carbocycles. The molecule has 0 spiro atoms. The molecular weight excluding hydrogens is 250 g/mol. The fourth-order valence-corrected chi connectivity index (χ4v) is 1.79. The van der Waals surface area contributed by atoms with E-state index in [9.17, 15) is 13.6 Å². The molecule has 0 fully saturated rings.